The lowest BCUT2D eigenvalue weighted by Crippen LogP contribution is -2.48. The fourth-order valence-corrected chi connectivity index (χ4v) is 3.45. The van der Waals surface area contributed by atoms with Crippen molar-refractivity contribution in [3.8, 4) is 11.8 Å². The molecule has 144 valence electrons. The van der Waals surface area contributed by atoms with E-state index in [1.165, 1.54) is 12.1 Å². The van der Waals surface area contributed by atoms with Crippen LogP contribution in [0, 0.1) is 23.6 Å². The molecule has 0 aromatic heterocycles. The highest BCUT2D eigenvalue weighted by Crippen LogP contribution is 2.30. The van der Waals surface area contributed by atoms with Crippen LogP contribution in [0.4, 0.5) is 9.18 Å². The van der Waals surface area contributed by atoms with Gasteiger partial charge in [0.05, 0.1) is 25.2 Å². The Labute approximate surface area is 163 Å². The molecule has 2 heterocycles. The molecule has 0 spiro atoms. The average molecular weight is 380 g/mol. The van der Waals surface area contributed by atoms with Crippen LogP contribution in [0.25, 0.3) is 0 Å². The van der Waals surface area contributed by atoms with Crippen molar-refractivity contribution in [1.82, 2.24) is 10.6 Å². The summed E-state index contributed by atoms with van der Waals surface area (Å²) in [5.74, 6) is 6.08. The van der Waals surface area contributed by atoms with Crippen LogP contribution in [0.15, 0.2) is 54.6 Å². The number of carbonyl (C=O) groups excluding carboxylic acids is 1. The van der Waals surface area contributed by atoms with E-state index in [9.17, 15) is 9.18 Å². The molecule has 0 saturated carbocycles. The molecule has 1 unspecified atom stereocenters. The Morgan fingerprint density at radius 3 is 2.57 bits per heavy atom. The maximum atomic E-state index is 12.9. The zero-order valence-electron chi connectivity index (χ0n) is 15.2. The van der Waals surface area contributed by atoms with Gasteiger partial charge in [0.15, 0.2) is 0 Å². The summed E-state index contributed by atoms with van der Waals surface area (Å²) >= 11 is 0. The number of carbonyl (C=O) groups is 1. The van der Waals surface area contributed by atoms with Crippen LogP contribution in [-0.2, 0) is 16.0 Å². The predicted octanol–water partition coefficient (Wildman–Crippen LogP) is 2.46. The van der Waals surface area contributed by atoms with E-state index in [-0.39, 0.29) is 36.0 Å². The minimum absolute atomic E-state index is 0.0146. The standard InChI is InChI=1S/C22H21FN2O3/c23-18-10-7-16(8-11-18)12-24-22(26)25-19-14-28-20-17(13-27-21(19)20)9-6-15-4-2-1-3-5-15/h1-5,7-8,10-11,17,19-21H,12-14H2,(H2,24,25,26)/t17-,19+,20?,21-/m1/s1. The second-order valence-corrected chi connectivity index (χ2v) is 6.90. The van der Waals surface area contributed by atoms with Gasteiger partial charge in [-0.15, -0.1) is 0 Å². The molecule has 4 rings (SSSR count). The van der Waals surface area contributed by atoms with E-state index in [2.05, 4.69) is 22.5 Å². The molecule has 2 aromatic carbocycles. The number of nitrogens with one attached hydrogen (secondary N) is 2. The molecule has 0 bridgehead atoms. The number of hydrogen-bond donors (Lipinski definition) is 2. The van der Waals surface area contributed by atoms with Crippen LogP contribution in [-0.4, -0.2) is 37.5 Å². The molecule has 2 saturated heterocycles. The summed E-state index contributed by atoms with van der Waals surface area (Å²) in [5.41, 5.74) is 1.78. The summed E-state index contributed by atoms with van der Waals surface area (Å²) in [6.45, 7) is 1.20. The molecule has 0 aliphatic carbocycles. The molecular formula is C22H21FN2O3. The third-order valence-electron chi connectivity index (χ3n) is 4.91. The molecule has 2 aliphatic heterocycles. The van der Waals surface area contributed by atoms with Crippen molar-refractivity contribution in [1.29, 1.82) is 0 Å². The summed E-state index contributed by atoms with van der Waals surface area (Å²) in [5, 5.41) is 5.68. The summed E-state index contributed by atoms with van der Waals surface area (Å²) in [6, 6.07) is 15.3. The molecule has 2 fully saturated rings. The van der Waals surface area contributed by atoms with E-state index in [1.54, 1.807) is 12.1 Å². The van der Waals surface area contributed by atoms with Gasteiger partial charge in [-0.1, -0.05) is 42.2 Å². The second kappa shape index (κ2) is 8.42. The molecule has 5 nitrogen and oxygen atoms in total. The molecule has 2 amide bonds. The number of halogens is 1. The molecule has 0 radical (unpaired) electrons. The van der Waals surface area contributed by atoms with Crippen molar-refractivity contribution in [2.24, 2.45) is 5.92 Å². The van der Waals surface area contributed by atoms with E-state index >= 15 is 0 Å². The Morgan fingerprint density at radius 1 is 1.04 bits per heavy atom. The van der Waals surface area contributed by atoms with Gasteiger partial charge in [0.1, 0.15) is 18.0 Å². The van der Waals surface area contributed by atoms with Gasteiger partial charge in [0, 0.05) is 12.1 Å². The third kappa shape index (κ3) is 4.33. The Morgan fingerprint density at radius 2 is 1.79 bits per heavy atom. The van der Waals surface area contributed by atoms with Gasteiger partial charge in [-0.2, -0.15) is 0 Å². The number of amides is 2. The van der Waals surface area contributed by atoms with Crippen molar-refractivity contribution < 1.29 is 18.7 Å². The Hall–Kier alpha value is -2.88. The highest BCUT2D eigenvalue weighted by molar-refractivity contribution is 5.74. The largest absolute Gasteiger partial charge is 0.372 e. The highest BCUT2D eigenvalue weighted by atomic mass is 19.1. The maximum absolute atomic E-state index is 12.9. The summed E-state index contributed by atoms with van der Waals surface area (Å²) in [7, 11) is 0. The quantitative estimate of drug-likeness (QED) is 0.805. The summed E-state index contributed by atoms with van der Waals surface area (Å²) in [4.78, 5) is 12.2. The number of rotatable bonds is 3. The number of fused-ring (bicyclic) bond motifs is 1. The van der Waals surface area contributed by atoms with Crippen LogP contribution >= 0.6 is 0 Å². The molecule has 2 aliphatic rings. The fraction of sp³-hybridized carbons (Fsp3) is 0.318. The van der Waals surface area contributed by atoms with Crippen molar-refractivity contribution >= 4 is 6.03 Å². The van der Waals surface area contributed by atoms with Crippen LogP contribution < -0.4 is 10.6 Å². The predicted molar refractivity (Wildman–Crippen MR) is 102 cm³/mol. The topological polar surface area (TPSA) is 59.6 Å². The monoisotopic (exact) mass is 380 g/mol. The van der Waals surface area contributed by atoms with Gasteiger partial charge in [-0.25, -0.2) is 9.18 Å². The first kappa shape index (κ1) is 18.5. The Balaban J connectivity index is 1.29. The first-order chi connectivity index (χ1) is 13.7. The highest BCUT2D eigenvalue weighted by Gasteiger charge is 2.47. The van der Waals surface area contributed by atoms with E-state index in [4.69, 9.17) is 9.47 Å². The lowest BCUT2D eigenvalue weighted by atomic mass is 10.0. The Kier molecular flexibility index (Phi) is 5.56. The minimum atomic E-state index is -0.305. The molecule has 4 atom stereocenters. The van der Waals surface area contributed by atoms with Gasteiger partial charge < -0.3 is 20.1 Å². The second-order valence-electron chi connectivity index (χ2n) is 6.90. The normalized spacial score (nSPS) is 25.5. The lowest BCUT2D eigenvalue weighted by molar-refractivity contribution is 0.0665. The van der Waals surface area contributed by atoms with Crippen molar-refractivity contribution in [3.63, 3.8) is 0 Å². The smallest absolute Gasteiger partial charge is 0.315 e. The number of hydrogen-bond acceptors (Lipinski definition) is 3. The maximum Gasteiger partial charge on any atom is 0.315 e. The van der Waals surface area contributed by atoms with Gasteiger partial charge in [-0.3, -0.25) is 0 Å². The average Bonchev–Trinajstić information content (AvgIpc) is 3.30. The van der Waals surface area contributed by atoms with Gasteiger partial charge in [0.2, 0.25) is 0 Å². The molecule has 6 heteroatoms. The minimum Gasteiger partial charge on any atom is -0.372 e. The summed E-state index contributed by atoms with van der Waals surface area (Å²) < 4.78 is 24.6. The van der Waals surface area contributed by atoms with E-state index in [0.717, 1.165) is 11.1 Å². The SMILES string of the molecule is O=C(NCc1ccc(F)cc1)N[C@H]1COC2[C@H](C#Cc3ccccc3)CO[C@@H]21. The first-order valence-electron chi connectivity index (χ1n) is 9.27. The number of ether oxygens (including phenoxy) is 2. The van der Waals surface area contributed by atoms with Crippen LogP contribution in [0.3, 0.4) is 0 Å². The van der Waals surface area contributed by atoms with Gasteiger partial charge >= 0.3 is 6.03 Å². The zero-order valence-corrected chi connectivity index (χ0v) is 15.2. The van der Waals surface area contributed by atoms with E-state index in [1.807, 2.05) is 30.3 Å². The molecule has 2 aromatic rings. The van der Waals surface area contributed by atoms with Gasteiger partial charge in [-0.05, 0) is 29.8 Å². The van der Waals surface area contributed by atoms with Gasteiger partial charge in [0.25, 0.3) is 0 Å². The molecular weight excluding hydrogens is 359 g/mol. The van der Waals surface area contributed by atoms with Crippen LogP contribution in [0.1, 0.15) is 11.1 Å². The molecule has 28 heavy (non-hydrogen) atoms. The third-order valence-corrected chi connectivity index (χ3v) is 4.91. The van der Waals surface area contributed by atoms with E-state index in [0.29, 0.717) is 19.8 Å². The summed E-state index contributed by atoms with van der Waals surface area (Å²) in [6.07, 6.45) is -0.342. The Bertz CT molecular complexity index is 876. The first-order valence-corrected chi connectivity index (χ1v) is 9.27. The molecule has 2 N–H and O–H groups in total. The van der Waals surface area contributed by atoms with Crippen LogP contribution in [0.5, 0.6) is 0 Å². The van der Waals surface area contributed by atoms with Crippen LogP contribution in [0.2, 0.25) is 0 Å². The van der Waals surface area contributed by atoms with Crippen molar-refractivity contribution in [2.75, 3.05) is 13.2 Å². The number of urea groups is 1. The van der Waals surface area contributed by atoms with Crippen molar-refractivity contribution in [3.05, 3.63) is 71.5 Å². The fourth-order valence-electron chi connectivity index (χ4n) is 3.45. The van der Waals surface area contributed by atoms with E-state index < -0.39 is 0 Å². The van der Waals surface area contributed by atoms with Crippen molar-refractivity contribution in [2.45, 2.75) is 24.8 Å². The number of benzene rings is 2. The lowest BCUT2D eigenvalue weighted by Gasteiger charge is -2.17. The zero-order chi connectivity index (χ0) is 19.3.